The van der Waals surface area contributed by atoms with Crippen LogP contribution >= 0.6 is 0 Å². The van der Waals surface area contributed by atoms with Crippen LogP contribution in [0.2, 0.25) is 0 Å². The van der Waals surface area contributed by atoms with Crippen molar-refractivity contribution < 1.29 is 0 Å². The molecule has 2 heterocycles. The van der Waals surface area contributed by atoms with Gasteiger partial charge in [0.15, 0.2) is 5.82 Å². The quantitative estimate of drug-likeness (QED) is 0.618. The zero-order valence-corrected chi connectivity index (χ0v) is 14.1. The molecule has 0 radical (unpaired) electrons. The van der Waals surface area contributed by atoms with E-state index in [2.05, 4.69) is 44.7 Å². The zero-order valence-electron chi connectivity index (χ0n) is 14.1. The molecule has 2 aromatic heterocycles. The van der Waals surface area contributed by atoms with E-state index in [0.29, 0.717) is 11.8 Å². The third-order valence-corrected chi connectivity index (χ3v) is 4.10. The Balaban J connectivity index is 1.65. The zero-order chi connectivity index (χ0) is 17.2. The van der Waals surface area contributed by atoms with Crippen LogP contribution in [0, 0.1) is 6.92 Å². The maximum atomic E-state index is 4.59. The molecule has 6 heteroatoms. The van der Waals surface area contributed by atoms with Gasteiger partial charge in [0.1, 0.15) is 5.52 Å². The van der Waals surface area contributed by atoms with Crippen LogP contribution in [-0.4, -0.2) is 25.0 Å². The minimum atomic E-state index is 0.103. The molecule has 1 N–H and O–H groups in total. The molecule has 0 saturated carbocycles. The van der Waals surface area contributed by atoms with Crippen LogP contribution in [0.3, 0.4) is 0 Å². The highest BCUT2D eigenvalue weighted by molar-refractivity contribution is 5.76. The van der Waals surface area contributed by atoms with Gasteiger partial charge in [0.05, 0.1) is 11.6 Å². The molecule has 0 unspecified atom stereocenters. The number of benzene rings is 2. The summed E-state index contributed by atoms with van der Waals surface area (Å²) in [6.07, 6.45) is 1.73. The van der Waals surface area contributed by atoms with E-state index in [9.17, 15) is 0 Å². The van der Waals surface area contributed by atoms with Crippen LogP contribution in [0.5, 0.6) is 0 Å². The summed E-state index contributed by atoms with van der Waals surface area (Å²) >= 11 is 0. The summed E-state index contributed by atoms with van der Waals surface area (Å²) in [5.41, 5.74) is 4.11. The van der Waals surface area contributed by atoms with Crippen LogP contribution < -0.4 is 5.32 Å². The highest BCUT2D eigenvalue weighted by atomic mass is 15.4. The number of fused-ring (bicyclic) bond motifs is 1. The van der Waals surface area contributed by atoms with Gasteiger partial charge in [-0.25, -0.2) is 4.98 Å². The van der Waals surface area contributed by atoms with Gasteiger partial charge in [-0.2, -0.15) is 9.67 Å². The average molecular weight is 330 g/mol. The Morgan fingerprint density at radius 3 is 2.72 bits per heavy atom. The summed E-state index contributed by atoms with van der Waals surface area (Å²) < 4.78 is 1.73. The summed E-state index contributed by atoms with van der Waals surface area (Å²) in [7, 11) is 0. The van der Waals surface area contributed by atoms with Gasteiger partial charge in [0, 0.05) is 12.3 Å². The van der Waals surface area contributed by atoms with Crippen molar-refractivity contribution in [1.82, 2.24) is 25.0 Å². The molecule has 1 atom stereocenters. The summed E-state index contributed by atoms with van der Waals surface area (Å²) in [5, 5.41) is 11.8. The highest BCUT2D eigenvalue weighted by Crippen LogP contribution is 2.19. The summed E-state index contributed by atoms with van der Waals surface area (Å²) in [6.45, 7) is 4.12. The Labute approximate surface area is 145 Å². The van der Waals surface area contributed by atoms with E-state index >= 15 is 0 Å². The average Bonchev–Trinajstić information content (AvgIpc) is 3.05. The van der Waals surface area contributed by atoms with E-state index in [4.69, 9.17) is 0 Å². The van der Waals surface area contributed by atoms with E-state index in [0.717, 1.165) is 16.6 Å². The van der Waals surface area contributed by atoms with Crippen molar-refractivity contribution in [3.8, 4) is 5.82 Å². The lowest BCUT2D eigenvalue weighted by molar-refractivity contribution is 0.790. The Hall–Kier alpha value is -3.28. The largest absolute Gasteiger partial charge is 0.348 e. The number of anilines is 1. The molecule has 0 bridgehead atoms. The molecule has 124 valence electrons. The second-order valence-electron chi connectivity index (χ2n) is 6.01. The molecule has 25 heavy (non-hydrogen) atoms. The van der Waals surface area contributed by atoms with Crippen molar-refractivity contribution in [2.75, 3.05) is 5.32 Å². The highest BCUT2D eigenvalue weighted by Gasteiger charge is 2.11. The minimum absolute atomic E-state index is 0.103. The normalized spacial score (nSPS) is 12.2. The Bertz CT molecular complexity index is 1010. The van der Waals surface area contributed by atoms with Crippen LogP contribution in [0.25, 0.3) is 16.9 Å². The number of aromatic nitrogens is 5. The number of aryl methyl sites for hydroxylation is 1. The first-order valence-corrected chi connectivity index (χ1v) is 8.18. The van der Waals surface area contributed by atoms with E-state index < -0.39 is 0 Å². The molecule has 0 saturated heterocycles. The fourth-order valence-electron chi connectivity index (χ4n) is 2.76. The minimum Gasteiger partial charge on any atom is -0.348 e. The number of nitrogens with one attached hydrogen (secondary N) is 1. The van der Waals surface area contributed by atoms with E-state index in [1.165, 1.54) is 5.56 Å². The fourth-order valence-corrected chi connectivity index (χ4v) is 2.76. The first-order chi connectivity index (χ1) is 12.2. The van der Waals surface area contributed by atoms with Crippen molar-refractivity contribution in [2.45, 2.75) is 19.9 Å². The van der Waals surface area contributed by atoms with Crippen molar-refractivity contribution in [3.63, 3.8) is 0 Å². The number of nitrogens with zero attached hydrogens (tertiary/aromatic N) is 5. The molecule has 2 aromatic carbocycles. The lowest BCUT2D eigenvalue weighted by Gasteiger charge is -2.14. The first-order valence-electron chi connectivity index (χ1n) is 8.18. The van der Waals surface area contributed by atoms with Gasteiger partial charge < -0.3 is 5.32 Å². The molecule has 0 spiro atoms. The van der Waals surface area contributed by atoms with Crippen LogP contribution in [0.4, 0.5) is 5.95 Å². The Morgan fingerprint density at radius 1 is 1.04 bits per heavy atom. The molecule has 0 aliphatic carbocycles. The Kier molecular flexibility index (Phi) is 3.85. The molecular formula is C19H18N6. The number of hydrogen-bond donors (Lipinski definition) is 1. The maximum Gasteiger partial charge on any atom is 0.225 e. The molecule has 0 amide bonds. The van der Waals surface area contributed by atoms with E-state index in [1.807, 2.05) is 49.4 Å². The lowest BCUT2D eigenvalue weighted by atomic mass is 10.1. The number of rotatable bonds is 4. The molecule has 0 aliphatic rings. The van der Waals surface area contributed by atoms with Crippen LogP contribution in [0.15, 0.2) is 60.8 Å². The maximum absolute atomic E-state index is 4.59. The summed E-state index contributed by atoms with van der Waals surface area (Å²) in [6, 6.07) is 18.2. The molecular weight excluding hydrogens is 312 g/mol. The van der Waals surface area contributed by atoms with Crippen LogP contribution in [0.1, 0.15) is 24.1 Å². The van der Waals surface area contributed by atoms with Gasteiger partial charge in [-0.1, -0.05) is 41.6 Å². The van der Waals surface area contributed by atoms with Crippen molar-refractivity contribution in [3.05, 3.63) is 71.9 Å². The molecule has 6 nitrogen and oxygen atoms in total. The molecule has 4 rings (SSSR count). The second kappa shape index (κ2) is 6.32. The summed E-state index contributed by atoms with van der Waals surface area (Å²) in [4.78, 5) is 8.92. The third kappa shape index (κ3) is 3.06. The topological polar surface area (TPSA) is 68.5 Å². The lowest BCUT2D eigenvalue weighted by Crippen LogP contribution is -2.11. The van der Waals surface area contributed by atoms with Crippen LogP contribution in [-0.2, 0) is 0 Å². The fraction of sp³-hybridized carbons (Fsp3) is 0.158. The SMILES string of the molecule is Cc1ccc2c(c1)nnn2-c1ccnc(N[C@@H](C)c2ccccc2)n1. The van der Waals surface area contributed by atoms with Crippen molar-refractivity contribution in [2.24, 2.45) is 0 Å². The molecule has 0 aliphatic heterocycles. The monoisotopic (exact) mass is 330 g/mol. The van der Waals surface area contributed by atoms with Gasteiger partial charge >= 0.3 is 0 Å². The molecule has 0 fully saturated rings. The Morgan fingerprint density at radius 2 is 1.88 bits per heavy atom. The van der Waals surface area contributed by atoms with Gasteiger partial charge in [0.25, 0.3) is 0 Å². The van der Waals surface area contributed by atoms with Crippen molar-refractivity contribution in [1.29, 1.82) is 0 Å². The van der Waals surface area contributed by atoms with Gasteiger partial charge in [-0.15, -0.1) is 5.10 Å². The smallest absolute Gasteiger partial charge is 0.225 e. The van der Waals surface area contributed by atoms with Gasteiger partial charge in [0.2, 0.25) is 5.95 Å². The second-order valence-corrected chi connectivity index (χ2v) is 6.01. The summed E-state index contributed by atoms with van der Waals surface area (Å²) in [5.74, 6) is 1.24. The predicted molar refractivity (Wildman–Crippen MR) is 97.7 cm³/mol. The first kappa shape index (κ1) is 15.3. The van der Waals surface area contributed by atoms with E-state index in [1.54, 1.807) is 10.9 Å². The predicted octanol–water partition coefficient (Wildman–Crippen LogP) is 3.69. The standard InChI is InChI=1S/C19H18N6/c1-13-8-9-17-16(12-13)23-24-25(17)18-10-11-20-19(22-18)21-14(2)15-6-4-3-5-7-15/h3-12,14H,1-2H3,(H,20,21,22)/t14-/m0/s1. The van der Waals surface area contributed by atoms with E-state index in [-0.39, 0.29) is 6.04 Å². The third-order valence-electron chi connectivity index (χ3n) is 4.10. The van der Waals surface area contributed by atoms with Gasteiger partial charge in [-0.05, 0) is 37.1 Å². The molecule has 4 aromatic rings. The van der Waals surface area contributed by atoms with Crippen molar-refractivity contribution >= 4 is 17.0 Å². The van der Waals surface area contributed by atoms with Gasteiger partial charge in [-0.3, -0.25) is 0 Å². The number of hydrogen-bond acceptors (Lipinski definition) is 5.